The summed E-state index contributed by atoms with van der Waals surface area (Å²) < 4.78 is 7.14. The zero-order valence-electron chi connectivity index (χ0n) is 23.3. The summed E-state index contributed by atoms with van der Waals surface area (Å²) in [7, 11) is 4.36. The summed E-state index contributed by atoms with van der Waals surface area (Å²) in [6.45, 7) is 4.67. The largest absolute Gasteiger partial charge is 0.550 e. The number of carboxylic acid groups (broad SMARTS) is 1. The van der Waals surface area contributed by atoms with Crippen molar-refractivity contribution in [2.75, 3.05) is 27.2 Å². The van der Waals surface area contributed by atoms with Gasteiger partial charge in [0, 0.05) is 12.4 Å². The van der Waals surface area contributed by atoms with Gasteiger partial charge in [0.1, 0.15) is 12.6 Å². The first-order valence-corrected chi connectivity index (χ1v) is 14.6. The third-order valence-electron chi connectivity index (χ3n) is 7.05. The van der Waals surface area contributed by atoms with Crippen molar-refractivity contribution in [1.82, 2.24) is 0 Å². The van der Waals surface area contributed by atoms with Crippen molar-refractivity contribution >= 4 is 5.97 Å². The van der Waals surface area contributed by atoms with Gasteiger partial charge in [-0.2, -0.15) is 0 Å². The first-order valence-electron chi connectivity index (χ1n) is 14.6. The average molecular weight is 490 g/mol. The molecule has 0 radical (unpaired) electrons. The lowest BCUT2D eigenvalue weighted by Crippen LogP contribution is -2.47. The van der Waals surface area contributed by atoms with Crippen molar-refractivity contribution in [3.8, 4) is 0 Å². The smallest absolute Gasteiger partial charge is 0.107 e. The molecule has 1 unspecified atom stereocenters. The maximum Gasteiger partial charge on any atom is 0.107 e. The van der Waals surface area contributed by atoms with Crippen LogP contribution in [0.2, 0.25) is 0 Å². The lowest BCUT2D eigenvalue weighted by atomic mass is 10.0. The molecular formula is C31H55NO3. The van der Waals surface area contributed by atoms with Crippen LogP contribution in [0.3, 0.4) is 0 Å². The Labute approximate surface area is 217 Å². The lowest BCUT2D eigenvalue weighted by Gasteiger charge is -2.33. The first-order chi connectivity index (χ1) is 16.9. The Kier molecular flexibility index (Phi) is 18.8. The van der Waals surface area contributed by atoms with E-state index in [1.165, 1.54) is 95.5 Å². The Bertz CT molecular complexity index is 617. The Morgan fingerprint density at radius 3 is 1.83 bits per heavy atom. The van der Waals surface area contributed by atoms with Crippen molar-refractivity contribution in [3.05, 3.63) is 35.9 Å². The molecule has 0 bridgehead atoms. The van der Waals surface area contributed by atoms with Gasteiger partial charge in [-0.05, 0) is 18.4 Å². The van der Waals surface area contributed by atoms with Gasteiger partial charge in [-0.25, -0.2) is 0 Å². The molecule has 0 heterocycles. The minimum Gasteiger partial charge on any atom is -0.550 e. The number of carbonyl (C=O) groups excluding carboxylic acids is 1. The number of nitrogens with zero attached hydrogens (tertiary/aromatic N) is 1. The highest BCUT2D eigenvalue weighted by Gasteiger charge is 2.22. The quantitative estimate of drug-likeness (QED) is 0.115. The fourth-order valence-electron chi connectivity index (χ4n) is 4.88. The number of hydrogen-bond donors (Lipinski definition) is 0. The summed E-state index contributed by atoms with van der Waals surface area (Å²) in [5.41, 5.74) is 1.21. The van der Waals surface area contributed by atoms with E-state index in [9.17, 15) is 9.90 Å². The van der Waals surface area contributed by atoms with Gasteiger partial charge in [-0.1, -0.05) is 127 Å². The number of carbonyl (C=O) groups is 1. The van der Waals surface area contributed by atoms with Gasteiger partial charge in [0.25, 0.3) is 0 Å². The van der Waals surface area contributed by atoms with E-state index >= 15 is 0 Å². The number of rotatable bonds is 24. The molecule has 35 heavy (non-hydrogen) atoms. The van der Waals surface area contributed by atoms with Crippen LogP contribution in [0.1, 0.15) is 122 Å². The van der Waals surface area contributed by atoms with Crippen LogP contribution in [-0.2, 0) is 16.1 Å². The number of benzene rings is 1. The van der Waals surface area contributed by atoms with E-state index in [0.29, 0.717) is 13.0 Å². The second-order valence-corrected chi connectivity index (χ2v) is 11.1. The zero-order valence-corrected chi connectivity index (χ0v) is 23.3. The van der Waals surface area contributed by atoms with Crippen LogP contribution < -0.4 is 5.11 Å². The minimum atomic E-state index is -0.954. The van der Waals surface area contributed by atoms with E-state index in [4.69, 9.17) is 4.74 Å². The third kappa shape index (κ3) is 19.5. The summed E-state index contributed by atoms with van der Waals surface area (Å²) in [6.07, 6.45) is 21.3. The molecular weight excluding hydrogens is 434 g/mol. The predicted octanol–water partition coefficient (Wildman–Crippen LogP) is 7.05. The standard InChI is InChI=1S/C31H55NO3/c1-4-5-6-7-8-9-10-11-12-13-14-15-16-20-24-30(35-28-29-22-18-17-19-23-29)27-32(2,3)26-21-25-31(33)34/h17-19,22-23,30H,4-16,20-21,24-28H2,1-3H3. The van der Waals surface area contributed by atoms with Crippen LogP contribution in [0, 0.1) is 0 Å². The second kappa shape index (κ2) is 20.8. The number of aliphatic carboxylic acids is 1. The van der Waals surface area contributed by atoms with Gasteiger partial charge in [-0.3, -0.25) is 0 Å². The molecule has 0 amide bonds. The topological polar surface area (TPSA) is 49.4 Å². The Balaban J connectivity index is 2.22. The van der Waals surface area contributed by atoms with Crippen molar-refractivity contribution in [3.63, 3.8) is 0 Å². The minimum absolute atomic E-state index is 0.135. The maximum absolute atomic E-state index is 10.8. The Hall–Kier alpha value is -1.39. The van der Waals surface area contributed by atoms with Gasteiger partial charge in [-0.15, -0.1) is 0 Å². The summed E-state index contributed by atoms with van der Waals surface area (Å²) >= 11 is 0. The number of carboxylic acids is 1. The van der Waals surface area contributed by atoms with E-state index < -0.39 is 5.97 Å². The van der Waals surface area contributed by atoms with Gasteiger partial charge in [0.15, 0.2) is 0 Å². The summed E-state index contributed by atoms with van der Waals surface area (Å²) in [4.78, 5) is 10.8. The van der Waals surface area contributed by atoms with Gasteiger partial charge < -0.3 is 19.1 Å². The molecule has 0 fully saturated rings. The van der Waals surface area contributed by atoms with Crippen molar-refractivity contribution in [1.29, 1.82) is 0 Å². The van der Waals surface area contributed by atoms with Gasteiger partial charge in [0.2, 0.25) is 0 Å². The molecule has 0 aliphatic heterocycles. The lowest BCUT2D eigenvalue weighted by molar-refractivity contribution is -0.893. The molecule has 1 rings (SSSR count). The van der Waals surface area contributed by atoms with Crippen LogP contribution in [0.4, 0.5) is 0 Å². The van der Waals surface area contributed by atoms with Crippen molar-refractivity contribution in [2.24, 2.45) is 0 Å². The van der Waals surface area contributed by atoms with E-state index in [0.717, 1.165) is 24.0 Å². The van der Waals surface area contributed by atoms with Crippen LogP contribution in [-0.4, -0.2) is 43.7 Å². The molecule has 0 saturated carbocycles. The Morgan fingerprint density at radius 2 is 1.31 bits per heavy atom. The van der Waals surface area contributed by atoms with Crippen LogP contribution >= 0.6 is 0 Å². The van der Waals surface area contributed by atoms with Crippen LogP contribution in [0.5, 0.6) is 0 Å². The Morgan fingerprint density at radius 1 is 0.800 bits per heavy atom. The van der Waals surface area contributed by atoms with Crippen molar-refractivity contribution < 1.29 is 19.1 Å². The maximum atomic E-state index is 10.8. The number of quaternary nitrogens is 1. The normalized spacial score (nSPS) is 12.7. The van der Waals surface area contributed by atoms with E-state index in [1.54, 1.807) is 0 Å². The molecule has 0 aliphatic rings. The molecule has 4 heteroatoms. The summed E-state index contributed by atoms with van der Waals surface area (Å²) in [6, 6.07) is 10.4. The molecule has 0 saturated heterocycles. The molecule has 1 aromatic rings. The third-order valence-corrected chi connectivity index (χ3v) is 7.05. The number of hydrogen-bond acceptors (Lipinski definition) is 3. The second-order valence-electron chi connectivity index (χ2n) is 11.1. The molecule has 1 aromatic carbocycles. The zero-order chi connectivity index (χ0) is 25.6. The molecule has 0 aliphatic carbocycles. The predicted molar refractivity (Wildman–Crippen MR) is 146 cm³/mol. The summed E-state index contributed by atoms with van der Waals surface area (Å²) in [5, 5.41) is 10.8. The van der Waals surface area contributed by atoms with Crippen LogP contribution in [0.25, 0.3) is 0 Å². The average Bonchev–Trinajstić information content (AvgIpc) is 2.82. The fraction of sp³-hybridized carbons (Fsp3) is 0.774. The highest BCUT2D eigenvalue weighted by molar-refractivity contribution is 5.64. The molecule has 1 atom stereocenters. The highest BCUT2D eigenvalue weighted by Crippen LogP contribution is 2.17. The highest BCUT2D eigenvalue weighted by atomic mass is 16.5. The van der Waals surface area contributed by atoms with Gasteiger partial charge >= 0.3 is 0 Å². The van der Waals surface area contributed by atoms with Gasteiger partial charge in [0.05, 0.1) is 27.2 Å². The SMILES string of the molecule is CCCCCCCCCCCCCCCCC(C[N+](C)(C)CCCC(=O)[O-])OCc1ccccc1. The monoisotopic (exact) mass is 489 g/mol. The van der Waals surface area contributed by atoms with E-state index in [-0.39, 0.29) is 12.5 Å². The molecule has 0 aromatic heterocycles. The fourth-order valence-corrected chi connectivity index (χ4v) is 4.88. The molecule has 0 spiro atoms. The van der Waals surface area contributed by atoms with Crippen LogP contribution in [0.15, 0.2) is 30.3 Å². The summed E-state index contributed by atoms with van der Waals surface area (Å²) in [5.74, 6) is -0.954. The molecule has 4 nitrogen and oxygen atoms in total. The van der Waals surface area contributed by atoms with E-state index in [1.807, 2.05) is 6.07 Å². The molecule has 0 N–H and O–H groups in total. The molecule has 202 valence electrons. The van der Waals surface area contributed by atoms with Crippen molar-refractivity contribution in [2.45, 2.75) is 129 Å². The first kappa shape index (κ1) is 31.6. The number of ether oxygens (including phenoxy) is 1. The number of likely N-dealkylation sites (N-methyl/N-ethyl adjacent to an activating group) is 1. The number of unbranched alkanes of at least 4 members (excludes halogenated alkanes) is 13. The van der Waals surface area contributed by atoms with E-state index in [2.05, 4.69) is 45.3 Å².